The molecule has 3 rings (SSSR count). The molecule has 0 bridgehead atoms. The zero-order chi connectivity index (χ0) is 24.7. The molecule has 184 valence electrons. The maximum atomic E-state index is 13.6. The van der Waals surface area contributed by atoms with Crippen LogP contribution in [0.15, 0.2) is 47.4 Å². The Labute approximate surface area is 199 Å². The molecule has 1 saturated heterocycles. The molecule has 0 aromatic heterocycles. The molecule has 2 aromatic carbocycles. The van der Waals surface area contributed by atoms with E-state index >= 15 is 0 Å². The molecular formula is C24H30FN3O5S. The van der Waals surface area contributed by atoms with Gasteiger partial charge < -0.3 is 15.4 Å². The van der Waals surface area contributed by atoms with E-state index in [9.17, 15) is 22.4 Å². The molecule has 2 amide bonds. The summed E-state index contributed by atoms with van der Waals surface area (Å²) in [5.41, 5.74) is 1.06. The van der Waals surface area contributed by atoms with Crippen molar-refractivity contribution in [3.63, 3.8) is 0 Å². The van der Waals surface area contributed by atoms with Gasteiger partial charge in [-0.1, -0.05) is 18.6 Å². The molecule has 10 heteroatoms. The maximum absolute atomic E-state index is 13.6. The van der Waals surface area contributed by atoms with Gasteiger partial charge in [-0.15, -0.1) is 0 Å². The average molecular weight is 492 g/mol. The normalized spacial score (nSPS) is 16.6. The van der Waals surface area contributed by atoms with Crippen LogP contribution in [0.2, 0.25) is 0 Å². The number of benzene rings is 2. The highest BCUT2D eigenvalue weighted by Gasteiger charge is 2.33. The molecule has 0 spiro atoms. The Morgan fingerprint density at radius 3 is 2.62 bits per heavy atom. The zero-order valence-corrected chi connectivity index (χ0v) is 20.2. The molecule has 2 aromatic rings. The summed E-state index contributed by atoms with van der Waals surface area (Å²) in [4.78, 5) is 24.4. The Morgan fingerprint density at radius 2 is 1.88 bits per heavy atom. The first-order valence-electron chi connectivity index (χ1n) is 11.2. The van der Waals surface area contributed by atoms with Gasteiger partial charge in [-0.3, -0.25) is 9.59 Å². The van der Waals surface area contributed by atoms with E-state index in [-0.39, 0.29) is 29.6 Å². The third-order valence-corrected chi connectivity index (χ3v) is 7.81. The summed E-state index contributed by atoms with van der Waals surface area (Å²) in [6, 6.07) is 10.6. The largest absolute Gasteiger partial charge is 0.497 e. The number of amides is 2. The Balaban J connectivity index is 1.54. The predicted octanol–water partition coefficient (Wildman–Crippen LogP) is 2.51. The molecule has 1 atom stereocenters. The number of hydrogen-bond acceptors (Lipinski definition) is 5. The van der Waals surface area contributed by atoms with Crippen LogP contribution in [0.4, 0.5) is 4.39 Å². The minimum Gasteiger partial charge on any atom is -0.497 e. The molecule has 8 nitrogen and oxygen atoms in total. The van der Waals surface area contributed by atoms with E-state index in [1.54, 1.807) is 31.4 Å². The lowest BCUT2D eigenvalue weighted by Gasteiger charge is -2.34. The summed E-state index contributed by atoms with van der Waals surface area (Å²) < 4.78 is 46.5. The number of ether oxygens (including phenoxy) is 1. The van der Waals surface area contributed by atoms with Crippen LogP contribution in [-0.4, -0.2) is 50.8 Å². The Bertz CT molecular complexity index is 1140. The topological polar surface area (TPSA) is 105 Å². The second-order valence-electron chi connectivity index (χ2n) is 8.26. The van der Waals surface area contributed by atoms with Gasteiger partial charge in [-0.2, -0.15) is 4.31 Å². The van der Waals surface area contributed by atoms with Gasteiger partial charge in [-0.25, -0.2) is 12.8 Å². The molecule has 0 saturated carbocycles. The minimum absolute atomic E-state index is 0.0549. The van der Waals surface area contributed by atoms with Crippen molar-refractivity contribution < 1.29 is 27.1 Å². The van der Waals surface area contributed by atoms with Crippen LogP contribution in [0.1, 0.15) is 36.8 Å². The van der Waals surface area contributed by atoms with Gasteiger partial charge in [0.2, 0.25) is 10.0 Å². The summed E-state index contributed by atoms with van der Waals surface area (Å²) in [6.07, 6.45) is 2.62. The van der Waals surface area contributed by atoms with Crippen LogP contribution in [0.25, 0.3) is 0 Å². The number of sulfonamides is 1. The number of rotatable bonds is 8. The highest BCUT2D eigenvalue weighted by Crippen LogP contribution is 2.27. The third-order valence-electron chi connectivity index (χ3n) is 5.87. The fourth-order valence-electron chi connectivity index (χ4n) is 3.97. The van der Waals surface area contributed by atoms with E-state index in [0.29, 0.717) is 25.1 Å². The number of nitrogens with zero attached hydrogens (tertiary/aromatic N) is 1. The third kappa shape index (κ3) is 6.32. The summed E-state index contributed by atoms with van der Waals surface area (Å²) in [5.74, 6) is -1.35. The number of carbonyl (C=O) groups excluding carboxylic acids is 2. The first kappa shape index (κ1) is 25.6. The van der Waals surface area contributed by atoms with E-state index in [2.05, 4.69) is 10.6 Å². The van der Waals surface area contributed by atoms with Gasteiger partial charge in [0.15, 0.2) is 0 Å². The summed E-state index contributed by atoms with van der Waals surface area (Å²) >= 11 is 0. The molecule has 0 radical (unpaired) electrons. The van der Waals surface area contributed by atoms with Crippen LogP contribution in [0, 0.1) is 12.7 Å². The zero-order valence-electron chi connectivity index (χ0n) is 19.3. The van der Waals surface area contributed by atoms with Gasteiger partial charge in [0.1, 0.15) is 11.6 Å². The summed E-state index contributed by atoms with van der Waals surface area (Å²) in [5, 5.41) is 5.13. The average Bonchev–Trinajstić information content (AvgIpc) is 2.84. The van der Waals surface area contributed by atoms with Crippen molar-refractivity contribution in [2.24, 2.45) is 0 Å². The van der Waals surface area contributed by atoms with Gasteiger partial charge in [0.05, 0.1) is 12.0 Å². The van der Waals surface area contributed by atoms with E-state index in [1.165, 1.54) is 23.4 Å². The van der Waals surface area contributed by atoms with E-state index in [0.717, 1.165) is 24.5 Å². The van der Waals surface area contributed by atoms with Crippen LogP contribution in [0.5, 0.6) is 5.75 Å². The molecule has 2 N–H and O–H groups in total. The van der Waals surface area contributed by atoms with E-state index < -0.39 is 27.7 Å². The summed E-state index contributed by atoms with van der Waals surface area (Å²) in [6.45, 7) is 2.22. The molecule has 1 fully saturated rings. The molecular weight excluding hydrogens is 461 g/mol. The molecule has 1 aliphatic rings. The van der Waals surface area contributed by atoms with Crippen molar-refractivity contribution in [3.05, 3.63) is 59.4 Å². The number of carbonyl (C=O) groups is 2. The second kappa shape index (κ2) is 11.4. The lowest BCUT2D eigenvalue weighted by Crippen LogP contribution is -2.46. The van der Waals surface area contributed by atoms with Crippen molar-refractivity contribution in [3.8, 4) is 5.75 Å². The van der Waals surface area contributed by atoms with E-state index in [1.807, 2.05) is 0 Å². The lowest BCUT2D eigenvalue weighted by molar-refractivity contribution is -0.139. The van der Waals surface area contributed by atoms with Crippen molar-refractivity contribution in [2.45, 2.75) is 50.1 Å². The monoisotopic (exact) mass is 491 g/mol. The highest BCUT2D eigenvalue weighted by atomic mass is 32.2. The quantitative estimate of drug-likeness (QED) is 0.552. The van der Waals surface area contributed by atoms with Gasteiger partial charge in [0.25, 0.3) is 0 Å². The first-order chi connectivity index (χ1) is 16.2. The SMILES string of the molecule is COc1cccc(CNC(=O)C(=O)NCCC2CCCCN2S(=O)(=O)c2ccc(F)c(C)c2)c1. The lowest BCUT2D eigenvalue weighted by atomic mass is 10.0. The molecule has 1 aliphatic heterocycles. The van der Waals surface area contributed by atoms with Crippen LogP contribution in [-0.2, 0) is 26.2 Å². The number of nitrogens with one attached hydrogen (secondary N) is 2. The van der Waals surface area contributed by atoms with Gasteiger partial charge in [0, 0.05) is 25.7 Å². The number of methoxy groups -OCH3 is 1. The van der Waals surface area contributed by atoms with Gasteiger partial charge >= 0.3 is 11.8 Å². The van der Waals surface area contributed by atoms with Crippen LogP contribution >= 0.6 is 0 Å². The highest BCUT2D eigenvalue weighted by molar-refractivity contribution is 7.89. The number of halogens is 1. The van der Waals surface area contributed by atoms with Gasteiger partial charge in [-0.05, 0) is 67.6 Å². The number of aryl methyl sites for hydroxylation is 1. The summed E-state index contributed by atoms with van der Waals surface area (Å²) in [7, 11) is -2.25. The number of hydrogen-bond donors (Lipinski definition) is 2. The molecule has 0 aliphatic carbocycles. The Morgan fingerprint density at radius 1 is 1.12 bits per heavy atom. The van der Waals surface area contributed by atoms with Crippen LogP contribution in [0.3, 0.4) is 0 Å². The van der Waals surface area contributed by atoms with Crippen molar-refractivity contribution in [1.82, 2.24) is 14.9 Å². The van der Waals surface area contributed by atoms with Crippen LogP contribution < -0.4 is 15.4 Å². The Kier molecular flexibility index (Phi) is 8.62. The molecule has 34 heavy (non-hydrogen) atoms. The fraction of sp³-hybridized carbons (Fsp3) is 0.417. The molecule has 1 unspecified atom stereocenters. The van der Waals surface area contributed by atoms with Crippen molar-refractivity contribution >= 4 is 21.8 Å². The fourth-order valence-corrected chi connectivity index (χ4v) is 5.78. The molecule has 1 heterocycles. The maximum Gasteiger partial charge on any atom is 0.309 e. The second-order valence-corrected chi connectivity index (χ2v) is 10.1. The van der Waals surface area contributed by atoms with Crippen molar-refractivity contribution in [2.75, 3.05) is 20.2 Å². The number of piperidine rings is 1. The predicted molar refractivity (Wildman–Crippen MR) is 125 cm³/mol. The van der Waals surface area contributed by atoms with Crippen molar-refractivity contribution in [1.29, 1.82) is 0 Å². The standard InChI is InChI=1S/C24H30FN3O5S/c1-17-14-21(9-10-22(17)25)34(31,32)28-13-4-3-7-19(28)11-12-26-23(29)24(30)27-16-18-6-5-8-20(15-18)33-2/h5-6,8-10,14-15,19H,3-4,7,11-13,16H2,1-2H3,(H,26,29)(H,27,30). The minimum atomic E-state index is -3.80. The Hall–Kier alpha value is -2.98. The first-order valence-corrected chi connectivity index (χ1v) is 12.6. The smallest absolute Gasteiger partial charge is 0.309 e. The van der Waals surface area contributed by atoms with E-state index in [4.69, 9.17) is 4.74 Å².